The first kappa shape index (κ1) is 106. The summed E-state index contributed by atoms with van der Waals surface area (Å²) in [6.07, 6.45) is -0.972. The van der Waals surface area contributed by atoms with Crippen LogP contribution in [0.4, 0.5) is 0 Å². The predicted molar refractivity (Wildman–Crippen MR) is 560 cm³/mol. The lowest BCUT2D eigenvalue weighted by Crippen LogP contribution is -2.48. The van der Waals surface area contributed by atoms with Crippen molar-refractivity contribution >= 4 is 116 Å². The first-order valence-electron chi connectivity index (χ1n) is 49.6. The third-order valence-corrected chi connectivity index (χ3v) is 33.5. The van der Waals surface area contributed by atoms with E-state index in [0.717, 1.165) is 65.6 Å². The molecule has 0 unspecified atom stereocenters. The van der Waals surface area contributed by atoms with Gasteiger partial charge in [-0.25, -0.2) is 29.9 Å². The Morgan fingerprint density at radius 1 is 0.399 bits per heavy atom. The number of thiazole rings is 2. The van der Waals surface area contributed by atoms with Gasteiger partial charge in [-0.2, -0.15) is 20.3 Å². The Kier molecular flexibility index (Phi) is 30.5. The van der Waals surface area contributed by atoms with E-state index in [1.54, 1.807) is 82.8 Å². The monoisotopic (exact) mass is 2090 g/mol. The van der Waals surface area contributed by atoms with Crippen molar-refractivity contribution in [3.05, 3.63) is 244 Å². The lowest BCUT2D eigenvalue weighted by molar-refractivity contribution is -0.135. The first-order chi connectivity index (χ1) is 70.3. The van der Waals surface area contributed by atoms with Crippen LogP contribution in [0.15, 0.2) is 191 Å². The number of nitrogens with one attached hydrogen (secondary N) is 4. The highest BCUT2D eigenvalue weighted by Crippen LogP contribution is 2.47. The summed E-state index contributed by atoms with van der Waals surface area (Å²) >= 11 is 6.52. The van der Waals surface area contributed by atoms with Gasteiger partial charge in [-0.1, -0.05) is 163 Å². The van der Waals surface area contributed by atoms with E-state index < -0.39 is 105 Å². The molecule has 8 aromatic heterocycles. The Morgan fingerprint density at radius 3 is 0.980 bits per heavy atom. The van der Waals surface area contributed by atoms with E-state index in [0.29, 0.717) is 60.4 Å². The minimum absolute atomic E-state index is 0.0937. The Balaban J connectivity index is 0.000000135. The zero-order valence-electron chi connectivity index (χ0n) is 85.6. The molecule has 8 amide bonds. The van der Waals surface area contributed by atoms with Crippen LogP contribution in [0.1, 0.15) is 225 Å². The van der Waals surface area contributed by atoms with Crippen molar-refractivity contribution in [1.82, 2.24) is 70.8 Å². The maximum Gasteiger partial charge on any atom is 0.280 e. The molecule has 36 nitrogen and oxygen atoms in total. The molecule has 8 aliphatic heterocycles. The van der Waals surface area contributed by atoms with Gasteiger partial charge in [0.1, 0.15) is 35.3 Å². The molecule has 4 fully saturated rings. The quantitative estimate of drug-likeness (QED) is 0.0278. The van der Waals surface area contributed by atoms with Crippen LogP contribution in [0.3, 0.4) is 0 Å². The normalized spacial score (nSPS) is 24.6. The van der Waals surface area contributed by atoms with E-state index >= 15 is 0 Å². The second-order valence-corrected chi connectivity index (χ2v) is 45.2. The fourth-order valence-corrected chi connectivity index (χ4v) is 24.7. The van der Waals surface area contributed by atoms with Gasteiger partial charge in [-0.15, -0.1) is 45.3 Å². The number of amides is 8. The molecule has 12 aromatic rings. The molecule has 0 spiro atoms. The maximum atomic E-state index is 13.7. The zero-order chi connectivity index (χ0) is 106. The summed E-state index contributed by atoms with van der Waals surface area (Å²) in [6, 6.07) is 36.2. The molecule has 148 heavy (non-hydrogen) atoms. The fraction of sp³-hybridized carbons (Fsp3) is 0.444. The van der Waals surface area contributed by atoms with Crippen molar-refractivity contribution in [2.45, 2.75) is 257 Å². The highest BCUT2D eigenvalue weighted by molar-refractivity contribution is 7.14. The Labute approximate surface area is 870 Å². The number of aryl methyl sites for hydroxylation is 6. The van der Waals surface area contributed by atoms with Crippen molar-refractivity contribution in [2.75, 3.05) is 26.2 Å². The number of aromatic nitrogens is 8. The van der Waals surface area contributed by atoms with Gasteiger partial charge in [0.25, 0.3) is 34.7 Å². The molecule has 0 saturated carbocycles. The van der Waals surface area contributed by atoms with Crippen LogP contribution in [0.25, 0.3) is 41.8 Å². The molecular weight excluding hydrogens is 1970 g/mol. The van der Waals surface area contributed by atoms with E-state index in [-0.39, 0.29) is 133 Å². The van der Waals surface area contributed by atoms with E-state index in [9.17, 15) is 68.4 Å². The van der Waals surface area contributed by atoms with E-state index in [1.165, 1.54) is 42.8 Å². The molecule has 0 aliphatic carbocycles. The molecule has 776 valence electrons. The van der Waals surface area contributed by atoms with Crippen LogP contribution < -0.4 is 21.8 Å². The number of nitrogens with zero attached hydrogens (tertiary/aromatic N) is 14. The SMILES string of the molecule is Cc1ccsc1-c1ccc([C@]2(C)N=C([C@@H]3C[C@@H](O)CN3C(=O)[C@H](c3cc(=O)[nH]o3)C(C)C)NC2=O)cc1.Cc1ccsc1-c1ccc([C@]2(C)N=C([C@H]3C[C@@H](O)CN3C(=O)[C@@H](c3cc(=O)[nH]o3)C(C)C)NC2=O)cc1.Cc1noc([C@@H](C(=O)N2C[C@H](O)C[C@H]2C2=NC(=O)[C@](C)(c3ccc(-c4scnc4C)cc3)C2)C(C)C)n1.Cc1noc([C@H](C(=O)N2C[C@H](O)C[C@H]2C2=NC(=O)[C@](C)(c3ccc(-c4scnc4C)cc3)C2)C(C)C)n1. The molecule has 8 aliphatic rings. The van der Waals surface area contributed by atoms with E-state index in [4.69, 9.17) is 28.1 Å². The van der Waals surface area contributed by atoms with Gasteiger partial charge in [0.15, 0.2) is 34.2 Å². The lowest BCUT2D eigenvalue weighted by Gasteiger charge is -2.30. The van der Waals surface area contributed by atoms with Crippen molar-refractivity contribution in [1.29, 1.82) is 0 Å². The van der Waals surface area contributed by atoms with Gasteiger partial charge in [-0.3, -0.25) is 47.9 Å². The number of hydrogen-bond donors (Lipinski definition) is 8. The minimum atomic E-state index is -1.16. The molecule has 0 bridgehead atoms. The summed E-state index contributed by atoms with van der Waals surface area (Å²) in [7, 11) is 0. The zero-order valence-corrected chi connectivity index (χ0v) is 88.8. The third-order valence-electron chi connectivity index (χ3n) is 29.5. The molecule has 4 aromatic carbocycles. The molecular formula is C108H122N18O18S4. The van der Waals surface area contributed by atoms with Crippen LogP contribution in [-0.2, 0) is 60.3 Å². The number of H-pyrrole nitrogens is 2. The average Bonchev–Trinajstić information content (AvgIpc) is 1.61. The maximum absolute atomic E-state index is 13.7. The molecule has 4 saturated heterocycles. The standard InChI is InChI=1S/2C27H31N5O4S.2C27H30N4O5S/c2*1-14(2)22(24-29-16(4)31-36-24)25(34)32-12-19(33)10-21(32)20-11-27(5,26(35)30-20)18-8-6-17(7-9-18)23-15(3)28-13-37-23;2*1-14(2)22(20-12-21(33)30-36-20)25(34)31-13-18(32)11-19(31)24-28-26(35)27(4,29-24)17-7-5-16(6-8-17)23-15(3)9-10-37-23/h2*6-9,13-14,19,21-22,33H,10-12H2,1-5H3;2*5-10,12,14,18-19,22,32H,11,13H2,1-4H3,(H,30,33)(H,28,29,35)/t19-,21+,22+,27+;19-,21+,22-,27+;18-,19+,22+,27+;18-,19-,22-,27+/m1111/s1. The number of carbonyl (C=O) groups is 8. The summed E-state index contributed by atoms with van der Waals surface area (Å²) in [5.74, 6) is -2.59. The van der Waals surface area contributed by atoms with Crippen molar-refractivity contribution in [2.24, 2.45) is 43.6 Å². The number of aromatic amines is 2. The molecule has 16 heterocycles. The molecule has 20 rings (SSSR count). The Hall–Kier alpha value is -13.5. The topological polar surface area (TPSA) is 500 Å². The second kappa shape index (κ2) is 42.6. The molecule has 8 N–H and O–H groups in total. The summed E-state index contributed by atoms with van der Waals surface area (Å²) in [5, 5.41) is 64.1. The predicted octanol–water partition coefficient (Wildman–Crippen LogP) is 14.0. The van der Waals surface area contributed by atoms with Crippen molar-refractivity contribution < 1.29 is 76.9 Å². The van der Waals surface area contributed by atoms with Crippen molar-refractivity contribution in [3.63, 3.8) is 0 Å². The fourth-order valence-electron chi connectivity index (χ4n) is 21.2. The highest BCUT2D eigenvalue weighted by Gasteiger charge is 2.55. The number of aliphatic hydroxyl groups is 4. The lowest BCUT2D eigenvalue weighted by atomic mass is 9.78. The number of aliphatic imine (C=N–C) groups is 4. The number of rotatable bonds is 24. The first-order valence-corrected chi connectivity index (χ1v) is 53.1. The number of hydrogen-bond acceptors (Lipinski definition) is 30. The number of carbonyl (C=O) groups excluding carboxylic acids is 8. The van der Waals surface area contributed by atoms with Crippen LogP contribution >= 0.6 is 45.3 Å². The van der Waals surface area contributed by atoms with E-state index in [1.807, 2.05) is 191 Å². The number of β-amino-alcohol motifs (C(OH)–C–C–N with tert-alkyl or cyclic N) is 4. The van der Waals surface area contributed by atoms with Crippen molar-refractivity contribution in [3.8, 4) is 41.8 Å². The Bertz CT molecular complexity index is 6830. The molecule has 40 heteroatoms. The highest BCUT2D eigenvalue weighted by atomic mass is 32.1. The smallest absolute Gasteiger partial charge is 0.280 e. The van der Waals surface area contributed by atoms with Gasteiger partial charge in [-0.05, 0) is 171 Å². The van der Waals surface area contributed by atoms with Gasteiger partial charge in [0, 0.05) is 98.0 Å². The molecule has 0 radical (unpaired) electrons. The number of benzene rings is 4. The van der Waals surface area contributed by atoms with Crippen LogP contribution in [-0.4, -0.2) is 226 Å². The third kappa shape index (κ3) is 21.0. The summed E-state index contributed by atoms with van der Waals surface area (Å²) < 4.78 is 21.2. The van der Waals surface area contributed by atoms with Gasteiger partial charge in [0.2, 0.25) is 35.4 Å². The number of aliphatic hydroxyl groups excluding tert-OH is 4. The minimum Gasteiger partial charge on any atom is -0.391 e. The number of likely N-dealkylation sites (tertiary alicyclic amines) is 4. The van der Waals surface area contributed by atoms with Crippen LogP contribution in [0, 0.1) is 65.2 Å². The average molecular weight is 2090 g/mol. The molecule has 16 atom stereocenters. The van der Waals surface area contributed by atoms with Gasteiger partial charge in [0.05, 0.1) is 91.6 Å². The van der Waals surface area contributed by atoms with Gasteiger partial charge >= 0.3 is 0 Å². The number of amidine groups is 2. The number of thiophene rings is 2. The van der Waals surface area contributed by atoms with Crippen LogP contribution in [0.2, 0.25) is 0 Å². The summed E-state index contributed by atoms with van der Waals surface area (Å²) in [4.78, 5) is 178. The van der Waals surface area contributed by atoms with Gasteiger partial charge < -0.3 is 68.8 Å². The summed E-state index contributed by atoms with van der Waals surface area (Å²) in [5.41, 5.74) is 11.9. The second-order valence-electron chi connectivity index (χ2n) is 41.7. The Morgan fingerprint density at radius 2 is 0.703 bits per heavy atom. The van der Waals surface area contributed by atoms with Crippen LogP contribution in [0.5, 0.6) is 0 Å². The van der Waals surface area contributed by atoms with E-state index in [2.05, 4.69) is 97.9 Å². The summed E-state index contributed by atoms with van der Waals surface area (Å²) in [6.45, 7) is 34.5. The largest absolute Gasteiger partial charge is 0.391 e.